The molecule has 0 bridgehead atoms. The summed E-state index contributed by atoms with van der Waals surface area (Å²) in [4.78, 5) is 19.6. The number of carbonyl (C=O) groups is 1. The number of hydrogen-bond donors (Lipinski definition) is 1. The van der Waals surface area contributed by atoms with E-state index in [0.29, 0.717) is 5.56 Å². The molecule has 0 radical (unpaired) electrons. The van der Waals surface area contributed by atoms with Gasteiger partial charge in [0.2, 0.25) is 5.91 Å². The molecule has 1 amide bonds. The van der Waals surface area contributed by atoms with E-state index in [9.17, 15) is 9.18 Å². The number of hydrogen-bond acceptors (Lipinski definition) is 2. The van der Waals surface area contributed by atoms with E-state index in [0.717, 1.165) is 32.7 Å². The van der Waals surface area contributed by atoms with Crippen LogP contribution in [-0.2, 0) is 11.3 Å². The van der Waals surface area contributed by atoms with Gasteiger partial charge in [-0.2, -0.15) is 0 Å². The molecule has 2 heterocycles. The molecule has 0 unspecified atom stereocenters. The van der Waals surface area contributed by atoms with Crippen molar-refractivity contribution in [3.8, 4) is 0 Å². The first kappa shape index (κ1) is 17.6. The molecule has 1 aromatic carbocycles. The lowest BCUT2D eigenvalue weighted by Crippen LogP contribution is -3.13. The van der Waals surface area contributed by atoms with Crippen molar-refractivity contribution in [2.75, 3.05) is 26.2 Å². The summed E-state index contributed by atoms with van der Waals surface area (Å²) in [5.74, 6) is -0.484. The number of aromatic nitrogens is 1. The van der Waals surface area contributed by atoms with Gasteiger partial charge in [-0.15, -0.1) is 0 Å². The zero-order valence-corrected chi connectivity index (χ0v) is 14.5. The van der Waals surface area contributed by atoms with Crippen molar-refractivity contribution in [3.63, 3.8) is 0 Å². The van der Waals surface area contributed by atoms with Crippen molar-refractivity contribution in [3.05, 3.63) is 70.8 Å². The van der Waals surface area contributed by atoms with E-state index in [4.69, 9.17) is 11.6 Å². The number of nitrogens with zero attached hydrogens (tertiary/aromatic N) is 2. The minimum absolute atomic E-state index is 0.0246. The molecule has 1 aliphatic heterocycles. The zero-order chi connectivity index (χ0) is 17.6. The van der Waals surface area contributed by atoms with Gasteiger partial charge >= 0.3 is 0 Å². The number of quaternary nitrogens is 1. The Balaban J connectivity index is 1.51. The summed E-state index contributed by atoms with van der Waals surface area (Å²) in [5, 5.41) is 0.0583. The number of pyridine rings is 1. The fourth-order valence-corrected chi connectivity index (χ4v) is 3.09. The second-order valence-corrected chi connectivity index (χ2v) is 6.52. The average molecular weight is 361 g/mol. The largest absolute Gasteiger partial charge is 0.328 e. The predicted molar refractivity (Wildman–Crippen MR) is 95.7 cm³/mol. The van der Waals surface area contributed by atoms with Gasteiger partial charge in [0.15, 0.2) is 0 Å². The van der Waals surface area contributed by atoms with Crippen LogP contribution >= 0.6 is 11.6 Å². The van der Waals surface area contributed by atoms with Crippen LogP contribution in [0.2, 0.25) is 5.02 Å². The maximum absolute atomic E-state index is 13.1. The molecule has 6 heteroatoms. The van der Waals surface area contributed by atoms with Crippen LogP contribution in [-0.4, -0.2) is 42.0 Å². The standard InChI is InChI=1S/C19H19ClFN3O/c20-17-13-15(1-3-18(17)21)2-4-19(25)24-11-9-23(10-12-24)14-16-5-7-22-8-6-16/h1-8,13H,9-12,14H2/p+1/b4-2+. The highest BCUT2D eigenvalue weighted by Crippen LogP contribution is 2.16. The van der Waals surface area contributed by atoms with Gasteiger partial charge in [-0.1, -0.05) is 17.7 Å². The van der Waals surface area contributed by atoms with Crippen molar-refractivity contribution in [1.82, 2.24) is 9.88 Å². The van der Waals surface area contributed by atoms with Gasteiger partial charge in [-0.25, -0.2) is 4.39 Å². The Hall–Kier alpha value is -2.24. The fourth-order valence-electron chi connectivity index (χ4n) is 2.90. The number of amides is 1. The van der Waals surface area contributed by atoms with Crippen molar-refractivity contribution < 1.29 is 14.1 Å². The third kappa shape index (κ3) is 4.87. The van der Waals surface area contributed by atoms with Crippen LogP contribution in [0, 0.1) is 5.82 Å². The average Bonchev–Trinajstić information content (AvgIpc) is 2.64. The summed E-state index contributed by atoms with van der Waals surface area (Å²) >= 11 is 5.75. The van der Waals surface area contributed by atoms with Crippen LogP contribution in [0.3, 0.4) is 0 Å². The molecule has 25 heavy (non-hydrogen) atoms. The van der Waals surface area contributed by atoms with Gasteiger partial charge in [0.1, 0.15) is 12.4 Å². The topological polar surface area (TPSA) is 37.6 Å². The third-order valence-corrected chi connectivity index (χ3v) is 4.64. The van der Waals surface area contributed by atoms with Crippen LogP contribution in [0.4, 0.5) is 4.39 Å². The first-order chi connectivity index (χ1) is 12.1. The summed E-state index contributed by atoms with van der Waals surface area (Å²) in [6.45, 7) is 4.25. The number of nitrogens with one attached hydrogen (secondary N) is 1. The molecule has 130 valence electrons. The normalized spacial score (nSPS) is 15.7. The maximum atomic E-state index is 13.1. The molecule has 1 aliphatic rings. The van der Waals surface area contributed by atoms with E-state index in [1.165, 1.54) is 28.7 Å². The second kappa shape index (κ2) is 8.23. The highest BCUT2D eigenvalue weighted by molar-refractivity contribution is 6.30. The first-order valence-electron chi connectivity index (χ1n) is 8.26. The Morgan fingerprint density at radius 1 is 1.24 bits per heavy atom. The van der Waals surface area contributed by atoms with E-state index in [1.54, 1.807) is 24.5 Å². The lowest BCUT2D eigenvalue weighted by Gasteiger charge is -2.31. The number of rotatable bonds is 4. The van der Waals surface area contributed by atoms with Crippen molar-refractivity contribution >= 4 is 23.6 Å². The summed E-state index contributed by atoms with van der Waals surface area (Å²) in [5.41, 5.74) is 1.97. The number of benzene rings is 1. The first-order valence-corrected chi connectivity index (χ1v) is 8.64. The molecule has 0 aliphatic carbocycles. The zero-order valence-electron chi connectivity index (χ0n) is 13.8. The molecule has 1 fully saturated rings. The monoisotopic (exact) mass is 360 g/mol. The van der Waals surface area contributed by atoms with Gasteiger partial charge in [-0.05, 0) is 35.9 Å². The van der Waals surface area contributed by atoms with Crippen LogP contribution in [0.5, 0.6) is 0 Å². The summed E-state index contributed by atoms with van der Waals surface area (Å²) in [6, 6.07) is 8.47. The Morgan fingerprint density at radius 3 is 2.64 bits per heavy atom. The smallest absolute Gasteiger partial charge is 0.246 e. The second-order valence-electron chi connectivity index (χ2n) is 6.11. The number of carbonyl (C=O) groups excluding carboxylic acids is 1. The number of halogens is 2. The quantitative estimate of drug-likeness (QED) is 0.844. The molecule has 2 aromatic rings. The summed E-state index contributed by atoms with van der Waals surface area (Å²) in [7, 11) is 0. The molecule has 0 atom stereocenters. The fraction of sp³-hybridized carbons (Fsp3) is 0.263. The maximum Gasteiger partial charge on any atom is 0.246 e. The lowest BCUT2D eigenvalue weighted by atomic mass is 10.2. The third-order valence-electron chi connectivity index (χ3n) is 4.35. The molecule has 1 saturated heterocycles. The summed E-state index contributed by atoms with van der Waals surface area (Å²) < 4.78 is 13.1. The van der Waals surface area contributed by atoms with Gasteiger partial charge in [0, 0.05) is 24.0 Å². The van der Waals surface area contributed by atoms with Crippen LogP contribution in [0.15, 0.2) is 48.8 Å². The van der Waals surface area contributed by atoms with Crippen molar-refractivity contribution in [1.29, 1.82) is 0 Å². The Labute approximate surface area is 151 Å². The van der Waals surface area contributed by atoms with Crippen LogP contribution < -0.4 is 4.90 Å². The van der Waals surface area contributed by atoms with E-state index in [2.05, 4.69) is 4.98 Å². The molecule has 0 saturated carbocycles. The van der Waals surface area contributed by atoms with Gasteiger partial charge < -0.3 is 9.80 Å². The van der Waals surface area contributed by atoms with Crippen LogP contribution in [0.25, 0.3) is 6.08 Å². The minimum Gasteiger partial charge on any atom is -0.328 e. The molecule has 1 N–H and O–H groups in total. The summed E-state index contributed by atoms with van der Waals surface area (Å²) in [6.07, 6.45) is 6.81. The Kier molecular flexibility index (Phi) is 5.79. The SMILES string of the molecule is O=C(/C=C/c1ccc(F)c(Cl)c1)N1CC[NH+](Cc2ccncc2)CC1. The Morgan fingerprint density at radius 2 is 1.96 bits per heavy atom. The van der Waals surface area contributed by atoms with Gasteiger partial charge in [0.05, 0.1) is 31.2 Å². The molecule has 3 rings (SSSR count). The van der Waals surface area contributed by atoms with E-state index in [1.807, 2.05) is 17.0 Å². The van der Waals surface area contributed by atoms with Crippen molar-refractivity contribution in [2.24, 2.45) is 0 Å². The molecule has 4 nitrogen and oxygen atoms in total. The minimum atomic E-state index is -0.460. The molecular formula is C19H20ClFN3O+. The van der Waals surface area contributed by atoms with Crippen LogP contribution in [0.1, 0.15) is 11.1 Å². The number of piperazine rings is 1. The van der Waals surface area contributed by atoms with Gasteiger partial charge in [0.25, 0.3) is 0 Å². The highest BCUT2D eigenvalue weighted by atomic mass is 35.5. The van der Waals surface area contributed by atoms with Crippen molar-refractivity contribution in [2.45, 2.75) is 6.54 Å². The highest BCUT2D eigenvalue weighted by Gasteiger charge is 2.22. The predicted octanol–water partition coefficient (Wildman–Crippen LogP) is 1.81. The van der Waals surface area contributed by atoms with E-state index in [-0.39, 0.29) is 10.9 Å². The Bertz CT molecular complexity index is 759. The van der Waals surface area contributed by atoms with E-state index < -0.39 is 5.82 Å². The molecule has 0 spiro atoms. The molecular weight excluding hydrogens is 341 g/mol. The van der Waals surface area contributed by atoms with Gasteiger partial charge in [-0.3, -0.25) is 9.78 Å². The van der Waals surface area contributed by atoms with E-state index >= 15 is 0 Å². The lowest BCUT2D eigenvalue weighted by molar-refractivity contribution is -0.917. The molecule has 1 aromatic heterocycles.